The van der Waals surface area contributed by atoms with Crippen LogP contribution in [0.3, 0.4) is 0 Å². The summed E-state index contributed by atoms with van der Waals surface area (Å²) in [5, 5.41) is 7.94. The predicted molar refractivity (Wildman–Crippen MR) is 64.7 cm³/mol. The number of hydrogen-bond donors (Lipinski definition) is 3. The van der Waals surface area contributed by atoms with E-state index in [1.807, 2.05) is 0 Å². The molecule has 1 aromatic rings. The monoisotopic (exact) mass is 241 g/mol. The highest BCUT2D eigenvalue weighted by Gasteiger charge is 2.03. The fourth-order valence-electron chi connectivity index (χ4n) is 0.978. The number of nitrogens with one attached hydrogen (secondary N) is 3. The van der Waals surface area contributed by atoms with Gasteiger partial charge < -0.3 is 16.0 Å². The van der Waals surface area contributed by atoms with Gasteiger partial charge in [-0.3, -0.25) is 4.79 Å². The number of likely N-dealkylation sites (N-methyl/N-ethyl adjacent to an activating group) is 1. The summed E-state index contributed by atoms with van der Waals surface area (Å²) in [7, 11) is 1.53. The summed E-state index contributed by atoms with van der Waals surface area (Å²) in [6, 6.07) is 6.15. The number of benzene rings is 1. The minimum atomic E-state index is -0.397. The minimum Gasteiger partial charge on any atom is -0.358 e. The summed E-state index contributed by atoms with van der Waals surface area (Å²) < 4.78 is 13.2. The van der Waals surface area contributed by atoms with Crippen molar-refractivity contribution >= 4 is 28.9 Å². The maximum Gasteiger partial charge on any atom is 0.239 e. The highest BCUT2D eigenvalue weighted by Crippen LogP contribution is 2.11. The first-order valence-corrected chi connectivity index (χ1v) is 5.04. The molecule has 0 heterocycles. The first-order chi connectivity index (χ1) is 7.63. The number of carbonyl (C=O) groups is 1. The number of hydrogen-bond acceptors (Lipinski definition) is 2. The van der Waals surface area contributed by atoms with Crippen LogP contribution in [0.25, 0.3) is 0 Å². The van der Waals surface area contributed by atoms with Crippen LogP contribution in [0, 0.1) is 5.82 Å². The molecule has 1 rings (SSSR count). The molecule has 0 fully saturated rings. The van der Waals surface area contributed by atoms with Gasteiger partial charge >= 0.3 is 0 Å². The molecule has 4 nitrogen and oxygen atoms in total. The van der Waals surface area contributed by atoms with Gasteiger partial charge in [-0.1, -0.05) is 12.1 Å². The molecular formula is C10H12FN3OS. The second-order valence-electron chi connectivity index (χ2n) is 2.96. The highest BCUT2D eigenvalue weighted by molar-refractivity contribution is 7.80. The molecule has 0 spiro atoms. The van der Waals surface area contributed by atoms with Crippen LogP contribution in [-0.4, -0.2) is 24.6 Å². The number of carbonyl (C=O) groups excluding carboxylic acids is 1. The van der Waals surface area contributed by atoms with Crippen LogP contribution < -0.4 is 16.0 Å². The maximum atomic E-state index is 13.2. The van der Waals surface area contributed by atoms with Crippen molar-refractivity contribution in [3.8, 4) is 0 Å². The molecule has 0 atom stereocenters. The molecule has 0 aliphatic rings. The predicted octanol–water partition coefficient (Wildman–Crippen LogP) is 0.858. The lowest BCUT2D eigenvalue weighted by Gasteiger charge is -2.10. The van der Waals surface area contributed by atoms with Gasteiger partial charge in [0.25, 0.3) is 0 Å². The molecule has 1 aromatic carbocycles. The van der Waals surface area contributed by atoms with E-state index in [4.69, 9.17) is 12.2 Å². The molecule has 6 heteroatoms. The molecule has 86 valence electrons. The molecular weight excluding hydrogens is 229 g/mol. The van der Waals surface area contributed by atoms with E-state index in [9.17, 15) is 9.18 Å². The zero-order chi connectivity index (χ0) is 12.0. The molecule has 1 amide bonds. The lowest BCUT2D eigenvalue weighted by molar-refractivity contribution is -0.119. The Morgan fingerprint density at radius 2 is 2.12 bits per heavy atom. The molecule has 0 bridgehead atoms. The highest BCUT2D eigenvalue weighted by atomic mass is 32.1. The topological polar surface area (TPSA) is 53.2 Å². The van der Waals surface area contributed by atoms with E-state index in [1.165, 1.54) is 13.1 Å². The van der Waals surface area contributed by atoms with Gasteiger partial charge in [-0.25, -0.2) is 4.39 Å². The lowest BCUT2D eigenvalue weighted by atomic mass is 10.3. The van der Waals surface area contributed by atoms with Crippen molar-refractivity contribution < 1.29 is 9.18 Å². The van der Waals surface area contributed by atoms with Gasteiger partial charge in [-0.15, -0.1) is 0 Å². The van der Waals surface area contributed by atoms with Crippen LogP contribution >= 0.6 is 12.2 Å². The number of rotatable bonds is 3. The Morgan fingerprint density at radius 1 is 1.44 bits per heavy atom. The van der Waals surface area contributed by atoms with Crippen molar-refractivity contribution in [2.45, 2.75) is 0 Å². The average Bonchev–Trinajstić information content (AvgIpc) is 2.29. The van der Waals surface area contributed by atoms with Crippen molar-refractivity contribution in [2.75, 3.05) is 18.9 Å². The minimum absolute atomic E-state index is 0.0524. The Labute approximate surface area is 98.2 Å². The molecule has 0 aliphatic heterocycles. The van der Waals surface area contributed by atoms with Gasteiger partial charge in [-0.2, -0.15) is 0 Å². The number of anilines is 1. The lowest BCUT2D eigenvalue weighted by Crippen LogP contribution is -2.37. The normalized spacial score (nSPS) is 9.38. The van der Waals surface area contributed by atoms with Crippen molar-refractivity contribution in [2.24, 2.45) is 0 Å². The SMILES string of the molecule is CNC(=O)CNC(=S)Nc1ccccc1F. The smallest absolute Gasteiger partial charge is 0.239 e. The zero-order valence-corrected chi connectivity index (χ0v) is 9.53. The second kappa shape index (κ2) is 6.02. The average molecular weight is 241 g/mol. The summed E-state index contributed by atoms with van der Waals surface area (Å²) in [6.07, 6.45) is 0. The Hall–Kier alpha value is -1.69. The molecule has 0 aromatic heterocycles. The van der Waals surface area contributed by atoms with E-state index in [-0.39, 0.29) is 23.3 Å². The van der Waals surface area contributed by atoms with Gasteiger partial charge in [-0.05, 0) is 24.4 Å². The first kappa shape index (κ1) is 12.4. The summed E-state index contributed by atoms with van der Waals surface area (Å²) >= 11 is 4.89. The quantitative estimate of drug-likeness (QED) is 0.687. The first-order valence-electron chi connectivity index (χ1n) is 4.63. The van der Waals surface area contributed by atoms with E-state index >= 15 is 0 Å². The summed E-state index contributed by atoms with van der Waals surface area (Å²) in [4.78, 5) is 10.9. The third kappa shape index (κ3) is 3.82. The van der Waals surface area contributed by atoms with Gasteiger partial charge in [0, 0.05) is 7.05 Å². The van der Waals surface area contributed by atoms with Gasteiger partial charge in [0.05, 0.1) is 12.2 Å². The van der Waals surface area contributed by atoms with Crippen molar-refractivity contribution in [1.82, 2.24) is 10.6 Å². The molecule has 0 unspecified atom stereocenters. The molecule has 0 aliphatic carbocycles. The van der Waals surface area contributed by atoms with Gasteiger partial charge in [0.2, 0.25) is 5.91 Å². The largest absolute Gasteiger partial charge is 0.358 e. The Kier molecular flexibility index (Phi) is 4.65. The van der Waals surface area contributed by atoms with E-state index in [0.717, 1.165) is 0 Å². The van der Waals surface area contributed by atoms with Gasteiger partial charge in [0.15, 0.2) is 5.11 Å². The summed E-state index contributed by atoms with van der Waals surface area (Å²) in [6.45, 7) is 0.0524. The molecule has 0 radical (unpaired) electrons. The van der Waals surface area contributed by atoms with Crippen LogP contribution in [0.4, 0.5) is 10.1 Å². The zero-order valence-electron chi connectivity index (χ0n) is 8.71. The Morgan fingerprint density at radius 3 is 2.75 bits per heavy atom. The van der Waals surface area contributed by atoms with Crippen molar-refractivity contribution in [1.29, 1.82) is 0 Å². The van der Waals surface area contributed by atoms with E-state index < -0.39 is 5.82 Å². The fraction of sp³-hybridized carbons (Fsp3) is 0.200. The molecule has 0 saturated carbocycles. The Bertz CT molecular complexity index is 397. The number of para-hydroxylation sites is 1. The third-order valence-electron chi connectivity index (χ3n) is 1.81. The third-order valence-corrected chi connectivity index (χ3v) is 2.06. The van der Waals surface area contributed by atoms with Crippen LogP contribution in [-0.2, 0) is 4.79 Å². The van der Waals surface area contributed by atoms with Crippen LogP contribution in [0.15, 0.2) is 24.3 Å². The van der Waals surface area contributed by atoms with Crippen LogP contribution in [0.1, 0.15) is 0 Å². The van der Waals surface area contributed by atoms with Crippen molar-refractivity contribution in [3.63, 3.8) is 0 Å². The fourth-order valence-corrected chi connectivity index (χ4v) is 1.16. The summed E-state index contributed by atoms with van der Waals surface area (Å²) in [5.41, 5.74) is 0.275. The molecule has 16 heavy (non-hydrogen) atoms. The molecule has 0 saturated heterocycles. The number of amides is 1. The van der Waals surface area contributed by atoms with Gasteiger partial charge in [0.1, 0.15) is 5.82 Å². The standard InChI is InChI=1S/C10H12FN3OS/c1-12-9(15)6-13-10(16)14-8-5-3-2-4-7(8)11/h2-5H,6H2,1H3,(H,12,15)(H2,13,14,16). The van der Waals surface area contributed by atoms with E-state index in [2.05, 4.69) is 16.0 Å². The maximum absolute atomic E-state index is 13.2. The van der Waals surface area contributed by atoms with E-state index in [1.54, 1.807) is 18.2 Å². The number of thiocarbonyl (C=S) groups is 1. The Balaban J connectivity index is 2.46. The van der Waals surface area contributed by atoms with Crippen LogP contribution in [0.5, 0.6) is 0 Å². The summed E-state index contributed by atoms with van der Waals surface area (Å²) in [5.74, 6) is -0.593. The van der Waals surface area contributed by atoms with Crippen LogP contribution in [0.2, 0.25) is 0 Å². The second-order valence-corrected chi connectivity index (χ2v) is 3.37. The van der Waals surface area contributed by atoms with E-state index in [0.29, 0.717) is 0 Å². The number of halogens is 1. The molecule has 3 N–H and O–H groups in total. The van der Waals surface area contributed by atoms with Crippen molar-refractivity contribution in [3.05, 3.63) is 30.1 Å².